The topological polar surface area (TPSA) is 69.5 Å². The molecule has 1 aliphatic rings. The van der Waals surface area contributed by atoms with Gasteiger partial charge >= 0.3 is 0 Å². The third kappa shape index (κ3) is 3.41. The van der Waals surface area contributed by atoms with E-state index in [4.69, 9.17) is 9.47 Å². The Hall–Kier alpha value is -2.41. The zero-order chi connectivity index (χ0) is 16.9. The van der Waals surface area contributed by atoms with E-state index >= 15 is 0 Å². The van der Waals surface area contributed by atoms with Gasteiger partial charge in [-0.1, -0.05) is 23.4 Å². The van der Waals surface area contributed by atoms with Crippen LogP contribution in [0.25, 0.3) is 0 Å². The summed E-state index contributed by atoms with van der Waals surface area (Å²) in [5, 5.41) is 8.41. The summed E-state index contributed by atoms with van der Waals surface area (Å²) >= 11 is 0. The van der Waals surface area contributed by atoms with Crippen LogP contribution in [-0.2, 0) is 22.6 Å². The van der Waals surface area contributed by atoms with E-state index in [1.165, 1.54) is 0 Å². The largest absolute Gasteiger partial charge is 0.484 e. The molecule has 3 rings (SSSR count). The van der Waals surface area contributed by atoms with Gasteiger partial charge in [0.15, 0.2) is 6.61 Å². The zero-order valence-electron chi connectivity index (χ0n) is 14.0. The lowest BCUT2D eigenvalue weighted by Crippen LogP contribution is -2.42. The summed E-state index contributed by atoms with van der Waals surface area (Å²) < 4.78 is 12.8. The van der Waals surface area contributed by atoms with Crippen molar-refractivity contribution >= 4 is 5.91 Å². The molecule has 1 amide bonds. The molecule has 0 N–H and O–H groups in total. The maximum atomic E-state index is 12.5. The van der Waals surface area contributed by atoms with E-state index in [1.807, 2.05) is 41.9 Å². The summed E-state index contributed by atoms with van der Waals surface area (Å²) in [7, 11) is 1.67. The molecule has 24 heavy (non-hydrogen) atoms. The lowest BCUT2D eigenvalue weighted by atomic mass is 9.99. The summed E-state index contributed by atoms with van der Waals surface area (Å²) in [4.78, 5) is 14.3. The summed E-state index contributed by atoms with van der Waals surface area (Å²) in [6.07, 6.45) is 0. The maximum Gasteiger partial charge on any atom is 0.260 e. The number of ether oxygens (including phenoxy) is 2. The highest BCUT2D eigenvalue weighted by Gasteiger charge is 2.32. The third-order valence-electron chi connectivity index (χ3n) is 4.14. The van der Waals surface area contributed by atoms with Gasteiger partial charge in [-0.15, -0.1) is 5.10 Å². The van der Waals surface area contributed by atoms with Crippen molar-refractivity contribution in [1.82, 2.24) is 19.9 Å². The number of methoxy groups -OCH3 is 1. The lowest BCUT2D eigenvalue weighted by molar-refractivity contribution is -0.135. The molecule has 0 radical (unpaired) electrons. The fraction of sp³-hybridized carbons (Fsp3) is 0.471. The number of benzene rings is 1. The molecule has 0 saturated carbocycles. The zero-order valence-corrected chi connectivity index (χ0v) is 14.0. The second-order valence-electron chi connectivity index (χ2n) is 5.77. The fourth-order valence-corrected chi connectivity index (χ4v) is 3.02. The van der Waals surface area contributed by atoms with E-state index in [0.29, 0.717) is 25.4 Å². The van der Waals surface area contributed by atoms with Gasteiger partial charge in [0.1, 0.15) is 11.4 Å². The molecule has 2 aromatic rings. The van der Waals surface area contributed by atoms with Crippen LogP contribution in [0.1, 0.15) is 24.2 Å². The molecule has 0 saturated heterocycles. The maximum absolute atomic E-state index is 12.5. The molecular weight excluding hydrogens is 308 g/mol. The molecule has 1 aliphatic heterocycles. The van der Waals surface area contributed by atoms with Crippen molar-refractivity contribution in [2.24, 2.45) is 0 Å². The Kier molecular flexibility index (Phi) is 5.10. The molecule has 1 aromatic carbocycles. The predicted molar refractivity (Wildman–Crippen MR) is 87.7 cm³/mol. The SMILES string of the molecule is CCn1nnc2c1[C@H](COC)CN(C(=O)COc1ccccc1)C2. The number of para-hydroxylation sites is 1. The van der Waals surface area contributed by atoms with Gasteiger partial charge in [0.2, 0.25) is 0 Å². The van der Waals surface area contributed by atoms with Crippen molar-refractivity contribution in [2.45, 2.75) is 25.9 Å². The minimum Gasteiger partial charge on any atom is -0.484 e. The molecule has 0 bridgehead atoms. The minimum atomic E-state index is -0.0587. The molecule has 1 atom stereocenters. The van der Waals surface area contributed by atoms with Crippen molar-refractivity contribution < 1.29 is 14.3 Å². The van der Waals surface area contributed by atoms with Crippen LogP contribution in [0.15, 0.2) is 30.3 Å². The highest BCUT2D eigenvalue weighted by molar-refractivity contribution is 5.78. The van der Waals surface area contributed by atoms with Gasteiger partial charge in [-0.2, -0.15) is 0 Å². The van der Waals surface area contributed by atoms with Gasteiger partial charge in [0.25, 0.3) is 5.91 Å². The van der Waals surface area contributed by atoms with Gasteiger partial charge in [0, 0.05) is 26.1 Å². The van der Waals surface area contributed by atoms with Crippen LogP contribution < -0.4 is 4.74 Å². The van der Waals surface area contributed by atoms with E-state index in [2.05, 4.69) is 10.3 Å². The van der Waals surface area contributed by atoms with Crippen molar-refractivity contribution in [3.05, 3.63) is 41.7 Å². The summed E-state index contributed by atoms with van der Waals surface area (Å²) in [5.74, 6) is 0.708. The van der Waals surface area contributed by atoms with Crippen molar-refractivity contribution in [2.75, 3.05) is 26.9 Å². The van der Waals surface area contributed by atoms with Crippen LogP contribution in [0.5, 0.6) is 5.75 Å². The van der Waals surface area contributed by atoms with Gasteiger partial charge < -0.3 is 14.4 Å². The molecule has 1 aromatic heterocycles. The number of amides is 1. The van der Waals surface area contributed by atoms with Crippen LogP contribution in [-0.4, -0.2) is 52.7 Å². The Morgan fingerprint density at radius 2 is 2.12 bits per heavy atom. The highest BCUT2D eigenvalue weighted by Crippen LogP contribution is 2.27. The summed E-state index contributed by atoms with van der Waals surface area (Å²) in [6, 6.07) is 9.34. The van der Waals surface area contributed by atoms with Gasteiger partial charge in [-0.3, -0.25) is 4.79 Å². The van der Waals surface area contributed by atoms with E-state index in [1.54, 1.807) is 12.0 Å². The average molecular weight is 330 g/mol. The van der Waals surface area contributed by atoms with Crippen molar-refractivity contribution in [1.29, 1.82) is 0 Å². The van der Waals surface area contributed by atoms with Crippen LogP contribution in [0.2, 0.25) is 0 Å². The molecule has 2 heterocycles. The first kappa shape index (κ1) is 16.4. The van der Waals surface area contributed by atoms with Gasteiger partial charge in [-0.05, 0) is 19.1 Å². The van der Waals surface area contributed by atoms with E-state index in [-0.39, 0.29) is 18.4 Å². The number of nitrogens with zero attached hydrogens (tertiary/aromatic N) is 4. The van der Waals surface area contributed by atoms with Crippen molar-refractivity contribution in [3.63, 3.8) is 0 Å². The number of carbonyl (C=O) groups is 1. The first-order valence-corrected chi connectivity index (χ1v) is 8.09. The smallest absolute Gasteiger partial charge is 0.260 e. The number of hydrogen-bond donors (Lipinski definition) is 0. The fourth-order valence-electron chi connectivity index (χ4n) is 3.02. The quantitative estimate of drug-likeness (QED) is 0.802. The molecule has 0 fully saturated rings. The second-order valence-corrected chi connectivity index (χ2v) is 5.77. The Balaban J connectivity index is 1.69. The minimum absolute atomic E-state index is 0.0148. The van der Waals surface area contributed by atoms with Crippen molar-refractivity contribution in [3.8, 4) is 5.75 Å². The number of rotatable bonds is 6. The van der Waals surface area contributed by atoms with E-state index in [0.717, 1.165) is 17.9 Å². The Morgan fingerprint density at radius 3 is 2.83 bits per heavy atom. The predicted octanol–water partition coefficient (Wildman–Crippen LogP) is 1.45. The number of hydrogen-bond acceptors (Lipinski definition) is 5. The number of aromatic nitrogens is 3. The van der Waals surface area contributed by atoms with Crippen LogP contribution in [0.3, 0.4) is 0 Å². The number of fused-ring (bicyclic) bond motifs is 1. The first-order valence-electron chi connectivity index (χ1n) is 8.09. The Labute approximate surface area is 141 Å². The number of aryl methyl sites for hydroxylation is 1. The monoisotopic (exact) mass is 330 g/mol. The molecule has 0 spiro atoms. The van der Waals surface area contributed by atoms with Gasteiger partial charge in [-0.25, -0.2) is 4.68 Å². The normalized spacial score (nSPS) is 16.8. The van der Waals surface area contributed by atoms with E-state index in [9.17, 15) is 4.79 Å². The summed E-state index contributed by atoms with van der Waals surface area (Å²) in [5.41, 5.74) is 1.92. The average Bonchev–Trinajstić information content (AvgIpc) is 3.04. The van der Waals surface area contributed by atoms with Crippen LogP contribution >= 0.6 is 0 Å². The molecule has 0 aliphatic carbocycles. The second kappa shape index (κ2) is 7.44. The first-order chi connectivity index (χ1) is 11.7. The molecule has 7 heteroatoms. The van der Waals surface area contributed by atoms with E-state index < -0.39 is 0 Å². The van der Waals surface area contributed by atoms with Crippen LogP contribution in [0.4, 0.5) is 0 Å². The third-order valence-corrected chi connectivity index (χ3v) is 4.14. The van der Waals surface area contributed by atoms with Gasteiger partial charge in [0.05, 0.1) is 18.8 Å². The lowest BCUT2D eigenvalue weighted by Gasteiger charge is -2.32. The molecular formula is C17H22N4O3. The highest BCUT2D eigenvalue weighted by atomic mass is 16.5. The summed E-state index contributed by atoms with van der Waals surface area (Å²) in [6.45, 7) is 4.39. The molecule has 128 valence electrons. The van der Waals surface area contributed by atoms with Crippen LogP contribution in [0, 0.1) is 0 Å². The Bertz CT molecular complexity index is 686. The Morgan fingerprint density at radius 1 is 1.33 bits per heavy atom. The molecule has 7 nitrogen and oxygen atoms in total. The standard InChI is InChI=1S/C17H22N4O3/c1-3-21-17-13(11-23-2)9-20(10-15(17)18-19-21)16(22)12-24-14-7-5-4-6-8-14/h4-8,13H,3,9-12H2,1-2H3/t13-/m0/s1. The molecule has 0 unspecified atom stereocenters. The number of carbonyl (C=O) groups excluding carboxylic acids is 1.